The average Bonchev–Trinajstić information content (AvgIpc) is 2.54. The Labute approximate surface area is 139 Å². The summed E-state index contributed by atoms with van der Waals surface area (Å²) >= 11 is 1.85. The first-order valence-corrected chi connectivity index (χ1v) is 8.96. The van der Waals surface area contributed by atoms with Gasteiger partial charge in [0.15, 0.2) is 0 Å². The van der Waals surface area contributed by atoms with Gasteiger partial charge in [-0.3, -0.25) is 0 Å². The van der Waals surface area contributed by atoms with E-state index in [2.05, 4.69) is 44.2 Å². The number of benzene rings is 2. The quantitative estimate of drug-likeness (QED) is 0.530. The van der Waals surface area contributed by atoms with Gasteiger partial charge in [-0.2, -0.15) is 0 Å². The summed E-state index contributed by atoms with van der Waals surface area (Å²) in [4.78, 5) is 2.65. The van der Waals surface area contributed by atoms with Crippen LogP contribution in [0.15, 0.2) is 52.3 Å². The van der Waals surface area contributed by atoms with Gasteiger partial charge in [0.05, 0.1) is 7.11 Å². The lowest BCUT2D eigenvalue weighted by atomic mass is 10.0. The van der Waals surface area contributed by atoms with Crippen molar-refractivity contribution in [3.63, 3.8) is 0 Å². The summed E-state index contributed by atoms with van der Waals surface area (Å²) in [5.74, 6) is 0.910. The first-order chi connectivity index (χ1) is 10.7. The average molecular weight is 314 g/mol. The summed E-state index contributed by atoms with van der Waals surface area (Å²) in [6, 6.07) is 15.1. The Bertz CT molecular complexity index is 575. The zero-order valence-corrected chi connectivity index (χ0v) is 14.7. The van der Waals surface area contributed by atoms with Gasteiger partial charge in [-0.15, -0.1) is 0 Å². The first kappa shape index (κ1) is 17.0. The van der Waals surface area contributed by atoms with E-state index in [1.165, 1.54) is 53.0 Å². The van der Waals surface area contributed by atoms with Gasteiger partial charge >= 0.3 is 0 Å². The predicted octanol–water partition coefficient (Wildman–Crippen LogP) is 6.28. The fourth-order valence-corrected chi connectivity index (χ4v) is 3.47. The molecule has 0 fully saturated rings. The molecule has 22 heavy (non-hydrogen) atoms. The van der Waals surface area contributed by atoms with Crippen LogP contribution >= 0.6 is 11.8 Å². The third kappa shape index (κ3) is 5.10. The van der Waals surface area contributed by atoms with Crippen molar-refractivity contribution in [2.24, 2.45) is 0 Å². The van der Waals surface area contributed by atoms with Gasteiger partial charge in [-0.1, -0.05) is 55.6 Å². The van der Waals surface area contributed by atoms with Crippen molar-refractivity contribution in [2.75, 3.05) is 7.11 Å². The fraction of sp³-hybridized carbons (Fsp3) is 0.400. The van der Waals surface area contributed by atoms with E-state index in [-0.39, 0.29) is 0 Å². The SMILES string of the molecule is CCCCCCc1cc(C)ccc1Sc1ccc(OC)cc1. The highest BCUT2D eigenvalue weighted by atomic mass is 32.2. The second-order valence-corrected chi connectivity index (χ2v) is 6.81. The molecule has 0 saturated heterocycles. The van der Waals surface area contributed by atoms with E-state index < -0.39 is 0 Å². The highest BCUT2D eigenvalue weighted by Crippen LogP contribution is 2.32. The summed E-state index contributed by atoms with van der Waals surface area (Å²) in [6.45, 7) is 4.44. The van der Waals surface area contributed by atoms with Crippen molar-refractivity contribution in [1.82, 2.24) is 0 Å². The molecule has 0 saturated carbocycles. The second kappa shape index (κ2) is 8.89. The minimum absolute atomic E-state index is 0.910. The number of rotatable bonds is 8. The second-order valence-electron chi connectivity index (χ2n) is 5.70. The zero-order valence-electron chi connectivity index (χ0n) is 13.9. The van der Waals surface area contributed by atoms with Gasteiger partial charge in [0.2, 0.25) is 0 Å². The third-order valence-electron chi connectivity index (χ3n) is 3.80. The number of ether oxygens (including phenoxy) is 1. The van der Waals surface area contributed by atoms with E-state index >= 15 is 0 Å². The third-order valence-corrected chi connectivity index (χ3v) is 4.93. The van der Waals surface area contributed by atoms with Gasteiger partial charge in [0, 0.05) is 9.79 Å². The van der Waals surface area contributed by atoms with Crippen LogP contribution in [0, 0.1) is 6.92 Å². The molecule has 0 spiro atoms. The fourth-order valence-electron chi connectivity index (χ4n) is 2.52. The zero-order chi connectivity index (χ0) is 15.8. The van der Waals surface area contributed by atoms with Crippen LogP contribution in [0.5, 0.6) is 5.75 Å². The Hall–Kier alpha value is -1.41. The molecule has 2 aromatic carbocycles. The molecule has 0 heterocycles. The first-order valence-electron chi connectivity index (χ1n) is 8.14. The van der Waals surface area contributed by atoms with Gasteiger partial charge in [-0.05, 0) is 55.7 Å². The molecular formula is C20H26OS. The highest BCUT2D eigenvalue weighted by Gasteiger charge is 2.06. The van der Waals surface area contributed by atoms with Gasteiger partial charge in [-0.25, -0.2) is 0 Å². The molecule has 0 N–H and O–H groups in total. The molecule has 0 bridgehead atoms. The Morgan fingerprint density at radius 1 is 0.955 bits per heavy atom. The van der Waals surface area contributed by atoms with Gasteiger partial charge in [0.1, 0.15) is 5.75 Å². The summed E-state index contributed by atoms with van der Waals surface area (Å²) in [7, 11) is 1.70. The monoisotopic (exact) mass is 314 g/mol. The molecule has 0 atom stereocenters. The van der Waals surface area contributed by atoms with Gasteiger partial charge < -0.3 is 4.74 Å². The minimum atomic E-state index is 0.910. The maximum atomic E-state index is 5.23. The van der Waals surface area contributed by atoms with Crippen molar-refractivity contribution < 1.29 is 4.74 Å². The molecule has 0 aliphatic heterocycles. The normalized spacial score (nSPS) is 10.7. The lowest BCUT2D eigenvalue weighted by Crippen LogP contribution is -1.91. The molecule has 118 valence electrons. The van der Waals surface area contributed by atoms with Crippen LogP contribution < -0.4 is 4.74 Å². The molecule has 0 aliphatic rings. The molecular weight excluding hydrogens is 288 g/mol. The molecule has 2 heteroatoms. The molecule has 2 aromatic rings. The lowest BCUT2D eigenvalue weighted by Gasteiger charge is -2.11. The van der Waals surface area contributed by atoms with Crippen LogP contribution in [-0.4, -0.2) is 7.11 Å². The van der Waals surface area contributed by atoms with Crippen molar-refractivity contribution in [3.05, 3.63) is 53.6 Å². The van der Waals surface area contributed by atoms with Crippen LogP contribution in [0.3, 0.4) is 0 Å². The van der Waals surface area contributed by atoms with Crippen molar-refractivity contribution >= 4 is 11.8 Å². The van der Waals surface area contributed by atoms with Crippen molar-refractivity contribution in [2.45, 2.75) is 55.7 Å². The predicted molar refractivity (Wildman–Crippen MR) is 96.1 cm³/mol. The highest BCUT2D eigenvalue weighted by molar-refractivity contribution is 7.99. The van der Waals surface area contributed by atoms with E-state index in [9.17, 15) is 0 Å². The Balaban J connectivity index is 2.07. The van der Waals surface area contributed by atoms with Gasteiger partial charge in [0.25, 0.3) is 0 Å². The molecule has 0 unspecified atom stereocenters. The van der Waals surface area contributed by atoms with E-state index in [1.807, 2.05) is 23.9 Å². The van der Waals surface area contributed by atoms with Crippen LogP contribution in [0.4, 0.5) is 0 Å². The van der Waals surface area contributed by atoms with Crippen molar-refractivity contribution in [1.29, 1.82) is 0 Å². The topological polar surface area (TPSA) is 9.23 Å². The molecule has 2 rings (SSSR count). The largest absolute Gasteiger partial charge is 0.497 e. The summed E-state index contributed by atoms with van der Waals surface area (Å²) < 4.78 is 5.23. The molecule has 0 amide bonds. The Morgan fingerprint density at radius 2 is 1.73 bits per heavy atom. The number of unbranched alkanes of at least 4 members (excludes halogenated alkanes) is 3. The van der Waals surface area contributed by atoms with Crippen molar-refractivity contribution in [3.8, 4) is 5.75 Å². The molecule has 1 nitrogen and oxygen atoms in total. The van der Waals surface area contributed by atoms with E-state index in [4.69, 9.17) is 4.74 Å². The standard InChI is InChI=1S/C20H26OS/c1-4-5-6-7-8-17-15-16(2)9-14-20(17)22-19-12-10-18(21-3)11-13-19/h9-15H,4-8H2,1-3H3. The Kier molecular flexibility index (Phi) is 6.85. The van der Waals surface area contributed by atoms with E-state index in [0.29, 0.717) is 0 Å². The summed E-state index contributed by atoms with van der Waals surface area (Å²) in [6.07, 6.45) is 6.43. The van der Waals surface area contributed by atoms with Crippen LogP contribution in [0.1, 0.15) is 43.7 Å². The molecule has 0 radical (unpaired) electrons. The number of hydrogen-bond acceptors (Lipinski definition) is 2. The van der Waals surface area contributed by atoms with Crippen LogP contribution in [0.25, 0.3) is 0 Å². The lowest BCUT2D eigenvalue weighted by molar-refractivity contribution is 0.414. The minimum Gasteiger partial charge on any atom is -0.497 e. The molecule has 0 aromatic heterocycles. The maximum Gasteiger partial charge on any atom is 0.118 e. The number of hydrogen-bond donors (Lipinski definition) is 0. The maximum absolute atomic E-state index is 5.23. The van der Waals surface area contributed by atoms with Crippen LogP contribution in [0.2, 0.25) is 0 Å². The number of aryl methyl sites for hydroxylation is 2. The number of methoxy groups -OCH3 is 1. The van der Waals surface area contributed by atoms with E-state index in [1.54, 1.807) is 7.11 Å². The Morgan fingerprint density at radius 3 is 2.41 bits per heavy atom. The summed E-state index contributed by atoms with van der Waals surface area (Å²) in [5, 5.41) is 0. The summed E-state index contributed by atoms with van der Waals surface area (Å²) in [5.41, 5.74) is 2.83. The van der Waals surface area contributed by atoms with Crippen LogP contribution in [-0.2, 0) is 6.42 Å². The molecule has 0 aliphatic carbocycles. The smallest absolute Gasteiger partial charge is 0.118 e. The van der Waals surface area contributed by atoms with E-state index in [0.717, 1.165) is 5.75 Å².